The Kier molecular flexibility index (Phi) is 5.76. The van der Waals surface area contributed by atoms with Crippen molar-refractivity contribution in [2.24, 2.45) is 0 Å². The van der Waals surface area contributed by atoms with Gasteiger partial charge >= 0.3 is 0 Å². The second kappa shape index (κ2) is 8.00. The zero-order chi connectivity index (χ0) is 16.7. The maximum atomic E-state index is 12.1. The van der Waals surface area contributed by atoms with Crippen LogP contribution < -0.4 is 10.1 Å². The third-order valence-electron chi connectivity index (χ3n) is 3.59. The fourth-order valence-corrected chi connectivity index (χ4v) is 2.28. The summed E-state index contributed by atoms with van der Waals surface area (Å²) in [6, 6.07) is 17.0. The molecule has 118 valence electrons. The van der Waals surface area contributed by atoms with E-state index in [1.807, 2.05) is 44.2 Å². The molecule has 1 N–H and O–H groups in total. The van der Waals surface area contributed by atoms with Crippen molar-refractivity contribution in [1.82, 2.24) is 5.32 Å². The zero-order valence-electron chi connectivity index (χ0n) is 13.4. The second-order valence-corrected chi connectivity index (χ2v) is 5.34. The summed E-state index contributed by atoms with van der Waals surface area (Å²) in [5, 5.41) is 12.0. The van der Waals surface area contributed by atoms with Gasteiger partial charge in [-0.25, -0.2) is 0 Å². The number of carbonyl (C=O) groups is 1. The Morgan fingerprint density at radius 1 is 1.22 bits per heavy atom. The third-order valence-corrected chi connectivity index (χ3v) is 3.59. The molecule has 1 amide bonds. The summed E-state index contributed by atoms with van der Waals surface area (Å²) in [6.07, 6.45) is 0.795. The molecule has 0 bridgehead atoms. The number of amides is 1. The molecular formula is C19H20N2O2. The predicted molar refractivity (Wildman–Crippen MR) is 89.0 cm³/mol. The molecule has 23 heavy (non-hydrogen) atoms. The number of ether oxygens (including phenoxy) is 1. The van der Waals surface area contributed by atoms with E-state index in [1.165, 1.54) is 5.56 Å². The second-order valence-electron chi connectivity index (χ2n) is 5.34. The lowest BCUT2D eigenvalue weighted by Gasteiger charge is -2.18. The van der Waals surface area contributed by atoms with Gasteiger partial charge in [-0.1, -0.05) is 48.9 Å². The molecule has 0 aliphatic heterocycles. The van der Waals surface area contributed by atoms with Gasteiger partial charge in [0.1, 0.15) is 11.8 Å². The van der Waals surface area contributed by atoms with Gasteiger partial charge < -0.3 is 10.1 Å². The topological polar surface area (TPSA) is 62.1 Å². The zero-order valence-corrected chi connectivity index (χ0v) is 13.4. The normalized spacial score (nSPS) is 11.3. The van der Waals surface area contributed by atoms with E-state index in [-0.39, 0.29) is 18.6 Å². The van der Waals surface area contributed by atoms with Gasteiger partial charge in [0.2, 0.25) is 0 Å². The number of nitrogens with zero attached hydrogens (tertiary/aromatic N) is 1. The summed E-state index contributed by atoms with van der Waals surface area (Å²) in [5.74, 6) is 0.221. The molecule has 1 unspecified atom stereocenters. The van der Waals surface area contributed by atoms with Gasteiger partial charge in [-0.05, 0) is 31.0 Å². The number of para-hydroxylation sites is 1. The summed E-state index contributed by atoms with van der Waals surface area (Å²) in [7, 11) is 0. The molecule has 2 aromatic rings. The molecule has 0 spiro atoms. The molecule has 0 saturated carbocycles. The van der Waals surface area contributed by atoms with E-state index in [4.69, 9.17) is 10.00 Å². The Morgan fingerprint density at radius 2 is 1.91 bits per heavy atom. The van der Waals surface area contributed by atoms with Crippen LogP contribution in [0.5, 0.6) is 5.75 Å². The maximum absolute atomic E-state index is 12.1. The van der Waals surface area contributed by atoms with Crippen LogP contribution in [0.3, 0.4) is 0 Å². The predicted octanol–water partition coefficient (Wildman–Crippen LogP) is 3.51. The molecule has 2 aromatic carbocycles. The first kappa shape index (κ1) is 16.6. The van der Waals surface area contributed by atoms with Gasteiger partial charge in [0.25, 0.3) is 5.91 Å². The number of nitrogens with one attached hydrogen (secondary N) is 1. The molecular weight excluding hydrogens is 288 g/mol. The molecule has 0 fully saturated rings. The van der Waals surface area contributed by atoms with E-state index in [0.717, 1.165) is 12.0 Å². The molecule has 4 heteroatoms. The number of hydrogen-bond donors (Lipinski definition) is 1. The number of aryl methyl sites for hydroxylation is 1. The lowest BCUT2D eigenvalue weighted by molar-refractivity contribution is -0.123. The van der Waals surface area contributed by atoms with Gasteiger partial charge in [0.05, 0.1) is 11.6 Å². The molecule has 0 aliphatic rings. The molecule has 0 radical (unpaired) electrons. The van der Waals surface area contributed by atoms with Crippen LogP contribution >= 0.6 is 0 Å². The summed E-state index contributed by atoms with van der Waals surface area (Å²) in [5.41, 5.74) is 2.68. The lowest BCUT2D eigenvalue weighted by atomic mass is 10.0. The van der Waals surface area contributed by atoms with Crippen molar-refractivity contribution in [2.75, 3.05) is 6.61 Å². The Labute approximate surface area is 136 Å². The van der Waals surface area contributed by atoms with E-state index in [1.54, 1.807) is 24.3 Å². The minimum atomic E-state index is -0.204. The maximum Gasteiger partial charge on any atom is 0.258 e. The Balaban J connectivity index is 1.95. The summed E-state index contributed by atoms with van der Waals surface area (Å²) in [6.45, 7) is 3.95. The van der Waals surface area contributed by atoms with Crippen LogP contribution in [0.15, 0.2) is 48.5 Å². The third kappa shape index (κ3) is 4.58. The summed E-state index contributed by atoms with van der Waals surface area (Å²) in [4.78, 5) is 12.1. The number of carbonyl (C=O) groups excluding carboxylic acids is 1. The van der Waals surface area contributed by atoms with Crippen molar-refractivity contribution in [3.05, 3.63) is 65.2 Å². The van der Waals surface area contributed by atoms with Crippen LogP contribution in [0.25, 0.3) is 0 Å². The largest absolute Gasteiger partial charge is 0.482 e. The quantitative estimate of drug-likeness (QED) is 0.888. The fourth-order valence-electron chi connectivity index (χ4n) is 2.28. The molecule has 2 rings (SSSR count). The van der Waals surface area contributed by atoms with Crippen molar-refractivity contribution < 1.29 is 9.53 Å². The summed E-state index contributed by atoms with van der Waals surface area (Å²) < 4.78 is 5.46. The first-order valence-electron chi connectivity index (χ1n) is 7.62. The van der Waals surface area contributed by atoms with Gasteiger partial charge in [-0.15, -0.1) is 0 Å². The Hall–Kier alpha value is -2.80. The van der Waals surface area contributed by atoms with Crippen molar-refractivity contribution >= 4 is 5.91 Å². The van der Waals surface area contributed by atoms with Crippen LogP contribution in [0.2, 0.25) is 0 Å². The van der Waals surface area contributed by atoms with E-state index in [0.29, 0.717) is 11.3 Å². The highest BCUT2D eigenvalue weighted by Crippen LogP contribution is 2.18. The van der Waals surface area contributed by atoms with Gasteiger partial charge in [-0.3, -0.25) is 4.79 Å². The van der Waals surface area contributed by atoms with Gasteiger partial charge in [0.15, 0.2) is 6.61 Å². The van der Waals surface area contributed by atoms with Crippen LogP contribution in [-0.4, -0.2) is 12.5 Å². The molecule has 0 saturated heterocycles. The standard InChI is InChI=1S/C19H20N2O2/c1-3-17(15-10-8-14(2)9-11-15)21-19(22)13-23-18-7-5-4-6-16(18)12-20/h4-11,17H,3,13H2,1-2H3,(H,21,22). The Bertz CT molecular complexity index is 702. The summed E-state index contributed by atoms with van der Waals surface area (Å²) >= 11 is 0. The number of nitriles is 1. The average molecular weight is 308 g/mol. The molecule has 0 aliphatic carbocycles. The smallest absolute Gasteiger partial charge is 0.258 e. The highest BCUT2D eigenvalue weighted by molar-refractivity contribution is 5.78. The van der Waals surface area contributed by atoms with E-state index < -0.39 is 0 Å². The number of rotatable bonds is 6. The first-order chi connectivity index (χ1) is 11.1. The van der Waals surface area contributed by atoms with Gasteiger partial charge in [0, 0.05) is 0 Å². The Morgan fingerprint density at radius 3 is 2.57 bits per heavy atom. The molecule has 0 heterocycles. The number of benzene rings is 2. The lowest BCUT2D eigenvalue weighted by Crippen LogP contribution is -2.32. The monoisotopic (exact) mass is 308 g/mol. The fraction of sp³-hybridized carbons (Fsp3) is 0.263. The van der Waals surface area contributed by atoms with Crippen LogP contribution in [0.4, 0.5) is 0 Å². The van der Waals surface area contributed by atoms with E-state index in [2.05, 4.69) is 5.32 Å². The molecule has 1 atom stereocenters. The molecule has 4 nitrogen and oxygen atoms in total. The van der Waals surface area contributed by atoms with Crippen molar-refractivity contribution in [3.63, 3.8) is 0 Å². The minimum Gasteiger partial charge on any atom is -0.482 e. The highest BCUT2D eigenvalue weighted by Gasteiger charge is 2.13. The van der Waals surface area contributed by atoms with Crippen molar-refractivity contribution in [1.29, 1.82) is 5.26 Å². The molecule has 0 aromatic heterocycles. The van der Waals surface area contributed by atoms with Crippen LogP contribution in [0, 0.1) is 18.3 Å². The van der Waals surface area contributed by atoms with Crippen LogP contribution in [0.1, 0.15) is 36.1 Å². The van der Waals surface area contributed by atoms with E-state index >= 15 is 0 Å². The minimum absolute atomic E-state index is 0.0436. The average Bonchev–Trinajstić information content (AvgIpc) is 2.59. The number of hydrogen-bond acceptors (Lipinski definition) is 3. The highest BCUT2D eigenvalue weighted by atomic mass is 16.5. The van der Waals surface area contributed by atoms with Crippen molar-refractivity contribution in [2.45, 2.75) is 26.3 Å². The van der Waals surface area contributed by atoms with E-state index in [9.17, 15) is 4.79 Å². The van der Waals surface area contributed by atoms with Gasteiger partial charge in [-0.2, -0.15) is 5.26 Å². The van der Waals surface area contributed by atoms with Crippen molar-refractivity contribution in [3.8, 4) is 11.8 Å². The first-order valence-corrected chi connectivity index (χ1v) is 7.62. The van der Waals surface area contributed by atoms with Crippen LogP contribution in [-0.2, 0) is 4.79 Å². The SMILES string of the molecule is CCC(NC(=O)COc1ccccc1C#N)c1ccc(C)cc1.